The van der Waals surface area contributed by atoms with E-state index in [1.165, 1.54) is 33.7 Å². The molecule has 9 heteroatoms. The first kappa shape index (κ1) is 17.1. The lowest BCUT2D eigenvalue weighted by atomic mass is 10.2. The summed E-state index contributed by atoms with van der Waals surface area (Å²) < 4.78 is 11.5. The monoisotopic (exact) mass is 356 g/mol. The summed E-state index contributed by atoms with van der Waals surface area (Å²) in [6.07, 6.45) is 2.87. The largest absolute Gasteiger partial charge is 0.493 e. The Hall–Kier alpha value is -2.25. The van der Waals surface area contributed by atoms with E-state index in [1.807, 2.05) is 0 Å². The van der Waals surface area contributed by atoms with Crippen LogP contribution in [0.4, 0.5) is 5.69 Å². The van der Waals surface area contributed by atoms with Crippen LogP contribution >= 0.6 is 23.2 Å². The highest BCUT2D eigenvalue weighted by Crippen LogP contribution is 2.36. The van der Waals surface area contributed by atoms with Crippen LogP contribution in [0.1, 0.15) is 5.56 Å². The van der Waals surface area contributed by atoms with Crippen molar-refractivity contribution < 1.29 is 9.47 Å². The average Bonchev–Trinajstić information content (AvgIpc) is 2.55. The first-order chi connectivity index (χ1) is 11.0. The number of ether oxygens (including phenoxy) is 2. The summed E-state index contributed by atoms with van der Waals surface area (Å²) in [6.45, 7) is 0. The number of rotatable bonds is 5. The third kappa shape index (κ3) is 3.57. The second-order valence-corrected chi connectivity index (χ2v) is 5.13. The van der Waals surface area contributed by atoms with Crippen molar-refractivity contribution in [1.29, 1.82) is 0 Å². The minimum atomic E-state index is -0.420. The van der Waals surface area contributed by atoms with Crippen LogP contribution in [-0.4, -0.2) is 30.2 Å². The molecule has 0 atom stereocenters. The quantitative estimate of drug-likeness (QED) is 0.657. The Kier molecular flexibility index (Phi) is 5.46. The van der Waals surface area contributed by atoms with Gasteiger partial charge in [0.1, 0.15) is 10.7 Å². The Morgan fingerprint density at radius 1 is 1.26 bits per heavy atom. The summed E-state index contributed by atoms with van der Waals surface area (Å²) >= 11 is 12.2. The van der Waals surface area contributed by atoms with Gasteiger partial charge < -0.3 is 9.47 Å². The molecule has 0 aliphatic rings. The van der Waals surface area contributed by atoms with Crippen LogP contribution in [-0.2, 0) is 7.05 Å². The molecular weight excluding hydrogens is 343 g/mol. The van der Waals surface area contributed by atoms with Crippen molar-refractivity contribution >= 4 is 35.1 Å². The lowest BCUT2D eigenvalue weighted by molar-refractivity contribution is 0.355. The fourth-order valence-electron chi connectivity index (χ4n) is 1.76. The third-order valence-electron chi connectivity index (χ3n) is 2.98. The molecule has 2 aromatic rings. The Balaban J connectivity index is 2.25. The first-order valence-electron chi connectivity index (χ1n) is 6.41. The van der Waals surface area contributed by atoms with Crippen molar-refractivity contribution in [2.75, 3.05) is 19.6 Å². The zero-order valence-electron chi connectivity index (χ0n) is 12.6. The summed E-state index contributed by atoms with van der Waals surface area (Å²) in [5.74, 6) is 0.924. The molecule has 0 radical (unpaired) electrons. The van der Waals surface area contributed by atoms with Gasteiger partial charge in [-0.05, 0) is 12.1 Å². The second kappa shape index (κ2) is 7.34. The van der Waals surface area contributed by atoms with Gasteiger partial charge in [-0.2, -0.15) is 10.2 Å². The fraction of sp³-hybridized carbons (Fsp3) is 0.214. The number of nitrogens with one attached hydrogen (secondary N) is 1. The zero-order valence-corrected chi connectivity index (χ0v) is 14.1. The molecule has 1 aromatic heterocycles. The molecule has 0 spiro atoms. The maximum absolute atomic E-state index is 11.7. The maximum Gasteiger partial charge on any atom is 0.287 e. The molecule has 7 nitrogen and oxygen atoms in total. The fourth-order valence-corrected chi connectivity index (χ4v) is 2.26. The normalized spacial score (nSPS) is 10.8. The lowest BCUT2D eigenvalue weighted by Gasteiger charge is -2.10. The summed E-state index contributed by atoms with van der Waals surface area (Å²) in [4.78, 5) is 11.7. The average molecular weight is 357 g/mol. The van der Waals surface area contributed by atoms with Gasteiger partial charge >= 0.3 is 0 Å². The summed E-state index contributed by atoms with van der Waals surface area (Å²) in [7, 11) is 4.52. The topological polar surface area (TPSA) is 77.7 Å². The second-order valence-electron chi connectivity index (χ2n) is 4.38. The van der Waals surface area contributed by atoms with Crippen LogP contribution in [0, 0.1) is 0 Å². The molecule has 0 unspecified atom stereocenters. The van der Waals surface area contributed by atoms with Gasteiger partial charge in [0.05, 0.1) is 31.7 Å². The Bertz CT molecular complexity index is 805. The van der Waals surface area contributed by atoms with Gasteiger partial charge in [-0.15, -0.1) is 0 Å². The molecule has 0 aliphatic carbocycles. The van der Waals surface area contributed by atoms with Gasteiger partial charge in [0, 0.05) is 12.6 Å². The molecule has 1 N–H and O–H groups in total. The molecule has 0 fully saturated rings. The molecule has 1 heterocycles. The van der Waals surface area contributed by atoms with Crippen LogP contribution in [0.15, 0.2) is 28.2 Å². The van der Waals surface area contributed by atoms with Crippen molar-refractivity contribution in [3.8, 4) is 11.5 Å². The number of anilines is 1. The number of aryl methyl sites for hydroxylation is 1. The smallest absolute Gasteiger partial charge is 0.287 e. The number of benzene rings is 1. The Morgan fingerprint density at radius 2 is 2.00 bits per heavy atom. The van der Waals surface area contributed by atoms with E-state index in [2.05, 4.69) is 15.6 Å². The lowest BCUT2D eigenvalue weighted by Crippen LogP contribution is -2.20. The number of hydrogen-bond donors (Lipinski definition) is 1. The van der Waals surface area contributed by atoms with Gasteiger partial charge in [-0.1, -0.05) is 23.2 Å². The molecule has 0 saturated heterocycles. The van der Waals surface area contributed by atoms with Crippen LogP contribution in [0.3, 0.4) is 0 Å². The molecule has 0 amide bonds. The SMILES string of the molecule is COc1ccc(/C=N\Nc2cnn(C)c(=O)c2Cl)c(Cl)c1OC. The molecule has 0 bridgehead atoms. The Labute approximate surface area is 142 Å². The van der Waals surface area contributed by atoms with E-state index in [9.17, 15) is 4.79 Å². The van der Waals surface area contributed by atoms with Crippen LogP contribution in [0.5, 0.6) is 11.5 Å². The van der Waals surface area contributed by atoms with E-state index in [0.29, 0.717) is 27.8 Å². The minimum Gasteiger partial charge on any atom is -0.493 e. The number of hydrazone groups is 1. The summed E-state index contributed by atoms with van der Waals surface area (Å²) in [5, 5.41) is 8.21. The summed E-state index contributed by atoms with van der Waals surface area (Å²) in [6, 6.07) is 3.43. The van der Waals surface area contributed by atoms with E-state index in [0.717, 1.165) is 4.68 Å². The molecule has 122 valence electrons. The van der Waals surface area contributed by atoms with Gasteiger partial charge in [-0.3, -0.25) is 10.2 Å². The van der Waals surface area contributed by atoms with Gasteiger partial charge in [0.2, 0.25) is 0 Å². The van der Waals surface area contributed by atoms with E-state index in [1.54, 1.807) is 12.1 Å². The highest BCUT2D eigenvalue weighted by molar-refractivity contribution is 6.35. The van der Waals surface area contributed by atoms with Crippen LogP contribution in [0.25, 0.3) is 0 Å². The van der Waals surface area contributed by atoms with Crippen molar-refractivity contribution in [2.24, 2.45) is 12.1 Å². The molecule has 23 heavy (non-hydrogen) atoms. The molecule has 0 aliphatic heterocycles. The standard InChI is InChI=1S/C14H14Cl2N4O3/c1-20-14(21)12(16)9(7-18-20)19-17-6-8-4-5-10(22-2)13(23-3)11(8)15/h4-7,19H,1-3H3/b17-6-. The van der Waals surface area contributed by atoms with Crippen molar-refractivity contribution in [2.45, 2.75) is 0 Å². The first-order valence-corrected chi connectivity index (χ1v) is 7.16. The van der Waals surface area contributed by atoms with Gasteiger partial charge in [0.25, 0.3) is 5.56 Å². The van der Waals surface area contributed by atoms with Crippen LogP contribution < -0.4 is 20.5 Å². The number of halogens is 2. The Morgan fingerprint density at radius 3 is 2.65 bits per heavy atom. The van der Waals surface area contributed by atoms with Crippen LogP contribution in [0.2, 0.25) is 10.0 Å². The highest BCUT2D eigenvalue weighted by atomic mass is 35.5. The van der Waals surface area contributed by atoms with E-state index >= 15 is 0 Å². The van der Waals surface area contributed by atoms with Gasteiger partial charge in [0.15, 0.2) is 11.5 Å². The highest BCUT2D eigenvalue weighted by Gasteiger charge is 2.12. The number of hydrogen-bond acceptors (Lipinski definition) is 6. The number of methoxy groups -OCH3 is 2. The third-order valence-corrected chi connectivity index (χ3v) is 3.74. The molecular formula is C14H14Cl2N4O3. The van der Waals surface area contributed by atoms with Gasteiger partial charge in [-0.25, -0.2) is 4.68 Å². The molecule has 0 saturated carbocycles. The zero-order chi connectivity index (χ0) is 17.0. The molecule has 1 aromatic carbocycles. The minimum absolute atomic E-state index is 0.00180. The number of nitrogens with zero attached hydrogens (tertiary/aromatic N) is 3. The predicted molar refractivity (Wildman–Crippen MR) is 90.3 cm³/mol. The van der Waals surface area contributed by atoms with E-state index < -0.39 is 5.56 Å². The number of aromatic nitrogens is 2. The summed E-state index contributed by atoms with van der Waals surface area (Å²) in [5.41, 5.74) is 3.13. The maximum atomic E-state index is 11.7. The molecule has 2 rings (SSSR count). The van der Waals surface area contributed by atoms with Crippen molar-refractivity contribution in [3.63, 3.8) is 0 Å². The van der Waals surface area contributed by atoms with Crippen molar-refractivity contribution in [1.82, 2.24) is 9.78 Å². The van der Waals surface area contributed by atoms with Crippen molar-refractivity contribution in [3.05, 3.63) is 44.3 Å². The van der Waals surface area contributed by atoms with E-state index in [-0.39, 0.29) is 5.02 Å². The predicted octanol–water partition coefficient (Wildman–Crippen LogP) is 2.55. The van der Waals surface area contributed by atoms with E-state index in [4.69, 9.17) is 32.7 Å².